The number of aliphatic carboxylic acids is 1. The zero-order valence-electron chi connectivity index (χ0n) is 21.8. The first-order valence-electron chi connectivity index (χ1n) is 12.1. The molecular formula is C24H33N5O9S. The predicted molar refractivity (Wildman–Crippen MR) is 145 cm³/mol. The zero-order chi connectivity index (χ0) is 28.5. The number of amides is 2. The van der Waals surface area contributed by atoms with Gasteiger partial charge in [0.2, 0.25) is 5.91 Å². The van der Waals surface area contributed by atoms with Crippen LogP contribution in [-0.2, 0) is 28.5 Å². The van der Waals surface area contributed by atoms with Crippen molar-refractivity contribution >= 4 is 50.6 Å². The summed E-state index contributed by atoms with van der Waals surface area (Å²) in [6.45, 7) is 6.31. The summed E-state index contributed by atoms with van der Waals surface area (Å²) in [4.78, 5) is 49.7. The van der Waals surface area contributed by atoms with Gasteiger partial charge in [0.05, 0.1) is 76.2 Å². The Morgan fingerprint density at radius 3 is 2.13 bits per heavy atom. The average molecular weight is 568 g/mol. The minimum atomic E-state index is -0.896. The maximum Gasteiger partial charge on any atom is 0.305 e. The van der Waals surface area contributed by atoms with Gasteiger partial charge in [-0.2, -0.15) is 0 Å². The summed E-state index contributed by atoms with van der Waals surface area (Å²) in [6, 6.07) is 4.91. The van der Waals surface area contributed by atoms with Gasteiger partial charge in [-0.15, -0.1) is 4.91 Å². The SMILES string of the molecule is CC(=O)Nc1cc(NCCOCCOCCOCCOCCC(=O)O)ccc1C(=O)Nc1nc(C)c(N=O)s1. The molecule has 0 aliphatic carbocycles. The van der Waals surface area contributed by atoms with Gasteiger partial charge >= 0.3 is 5.97 Å². The van der Waals surface area contributed by atoms with Crippen molar-refractivity contribution in [2.24, 2.45) is 5.18 Å². The second-order valence-corrected chi connectivity index (χ2v) is 8.89. The molecule has 2 aromatic rings. The van der Waals surface area contributed by atoms with Crippen LogP contribution < -0.4 is 16.0 Å². The summed E-state index contributed by atoms with van der Waals surface area (Å²) in [5.41, 5.74) is 1.64. The maximum atomic E-state index is 12.8. The van der Waals surface area contributed by atoms with Gasteiger partial charge < -0.3 is 34.7 Å². The zero-order valence-corrected chi connectivity index (χ0v) is 22.6. The molecule has 1 aromatic heterocycles. The van der Waals surface area contributed by atoms with E-state index < -0.39 is 11.9 Å². The first-order chi connectivity index (χ1) is 18.8. The lowest BCUT2D eigenvalue weighted by atomic mass is 10.1. The molecule has 214 valence electrons. The van der Waals surface area contributed by atoms with Crippen LogP contribution in [0, 0.1) is 11.8 Å². The number of hydrogen-bond acceptors (Lipinski definition) is 12. The van der Waals surface area contributed by atoms with Crippen LogP contribution in [0.2, 0.25) is 0 Å². The third kappa shape index (κ3) is 12.7. The Morgan fingerprint density at radius 2 is 1.56 bits per heavy atom. The Labute approximate surface area is 229 Å². The van der Waals surface area contributed by atoms with E-state index in [9.17, 15) is 19.3 Å². The summed E-state index contributed by atoms with van der Waals surface area (Å²) in [5, 5.41) is 20.2. The van der Waals surface area contributed by atoms with Crippen LogP contribution in [0.4, 0.5) is 21.5 Å². The number of nitroso groups, excluding NO2 is 1. The van der Waals surface area contributed by atoms with Crippen molar-refractivity contribution in [1.82, 2.24) is 4.98 Å². The molecule has 2 amide bonds. The van der Waals surface area contributed by atoms with Crippen molar-refractivity contribution in [3.05, 3.63) is 34.4 Å². The highest BCUT2D eigenvalue weighted by Crippen LogP contribution is 2.31. The van der Waals surface area contributed by atoms with Crippen LogP contribution in [0.3, 0.4) is 0 Å². The molecular weight excluding hydrogens is 534 g/mol. The van der Waals surface area contributed by atoms with Crippen molar-refractivity contribution < 1.29 is 38.4 Å². The van der Waals surface area contributed by atoms with Crippen molar-refractivity contribution in [2.45, 2.75) is 20.3 Å². The summed E-state index contributed by atoms with van der Waals surface area (Å²) < 4.78 is 21.4. The number of thiazole rings is 1. The van der Waals surface area contributed by atoms with Gasteiger partial charge in [-0.3, -0.25) is 19.7 Å². The molecule has 1 heterocycles. The Balaban J connectivity index is 1.65. The number of benzene rings is 1. The number of anilines is 3. The Hall–Kier alpha value is -3.50. The molecule has 0 aliphatic rings. The lowest BCUT2D eigenvalue weighted by Gasteiger charge is -2.13. The van der Waals surface area contributed by atoms with E-state index in [1.54, 1.807) is 25.1 Å². The van der Waals surface area contributed by atoms with E-state index in [0.29, 0.717) is 69.9 Å². The van der Waals surface area contributed by atoms with E-state index in [1.165, 1.54) is 6.92 Å². The van der Waals surface area contributed by atoms with Gasteiger partial charge in [-0.1, -0.05) is 11.3 Å². The van der Waals surface area contributed by atoms with Crippen LogP contribution in [0.15, 0.2) is 23.4 Å². The Kier molecular flexibility index (Phi) is 14.6. The fraction of sp³-hybridized carbons (Fsp3) is 0.500. The second kappa shape index (κ2) is 17.9. The first-order valence-corrected chi connectivity index (χ1v) is 12.9. The van der Waals surface area contributed by atoms with Gasteiger partial charge in [0.15, 0.2) is 10.1 Å². The molecule has 0 radical (unpaired) electrons. The van der Waals surface area contributed by atoms with E-state index in [2.05, 4.69) is 26.1 Å². The molecule has 0 atom stereocenters. The minimum Gasteiger partial charge on any atom is -0.481 e. The molecule has 2 rings (SSSR count). The molecule has 0 saturated heterocycles. The van der Waals surface area contributed by atoms with Crippen molar-refractivity contribution in [2.75, 3.05) is 75.4 Å². The highest BCUT2D eigenvalue weighted by molar-refractivity contribution is 7.19. The quantitative estimate of drug-likeness (QED) is 0.136. The van der Waals surface area contributed by atoms with Crippen LogP contribution in [-0.4, -0.2) is 87.3 Å². The monoisotopic (exact) mass is 567 g/mol. The molecule has 1 aromatic carbocycles. The lowest BCUT2D eigenvalue weighted by Crippen LogP contribution is -2.17. The molecule has 39 heavy (non-hydrogen) atoms. The van der Waals surface area contributed by atoms with Gasteiger partial charge in [-0.25, -0.2) is 4.98 Å². The molecule has 0 saturated carbocycles. The molecule has 14 nitrogen and oxygen atoms in total. The van der Waals surface area contributed by atoms with E-state index in [-0.39, 0.29) is 34.6 Å². The third-order valence-corrected chi connectivity index (χ3v) is 5.75. The highest BCUT2D eigenvalue weighted by Gasteiger charge is 2.16. The molecule has 0 spiro atoms. The number of carboxylic acid groups (broad SMARTS) is 1. The van der Waals surface area contributed by atoms with Crippen LogP contribution >= 0.6 is 11.3 Å². The Morgan fingerprint density at radius 1 is 0.949 bits per heavy atom. The fourth-order valence-corrected chi connectivity index (χ4v) is 3.77. The average Bonchev–Trinajstić information content (AvgIpc) is 3.24. The second-order valence-electron chi connectivity index (χ2n) is 7.92. The van der Waals surface area contributed by atoms with Crippen molar-refractivity contribution in [3.8, 4) is 0 Å². The van der Waals surface area contributed by atoms with Gasteiger partial charge in [-0.05, 0) is 30.3 Å². The standard InChI is InChI=1S/C24H33N5O9S/c1-16-23(29-34)39-24(26-16)28-22(33)19-4-3-18(15-20(19)27-17(2)30)25-6-8-36-10-12-38-14-13-37-11-9-35-7-5-21(31)32/h3-4,15,25H,5-14H2,1-2H3,(H,27,30)(H,31,32)(H,26,28,33). The number of rotatable bonds is 20. The smallest absolute Gasteiger partial charge is 0.305 e. The van der Waals surface area contributed by atoms with E-state index in [1.807, 2.05) is 0 Å². The number of carbonyl (C=O) groups excluding carboxylic acids is 2. The molecule has 0 aliphatic heterocycles. The predicted octanol–water partition coefficient (Wildman–Crippen LogP) is 3.01. The number of nitrogens with one attached hydrogen (secondary N) is 3. The number of aryl methyl sites for hydroxylation is 1. The van der Waals surface area contributed by atoms with E-state index >= 15 is 0 Å². The summed E-state index contributed by atoms with van der Waals surface area (Å²) in [7, 11) is 0. The number of nitrogens with zero attached hydrogens (tertiary/aromatic N) is 2. The van der Waals surface area contributed by atoms with E-state index in [4.69, 9.17) is 24.1 Å². The van der Waals surface area contributed by atoms with E-state index in [0.717, 1.165) is 11.3 Å². The van der Waals surface area contributed by atoms with Crippen LogP contribution in [0.25, 0.3) is 0 Å². The topological polar surface area (TPSA) is 187 Å². The third-order valence-electron chi connectivity index (χ3n) is 4.80. The lowest BCUT2D eigenvalue weighted by molar-refractivity contribution is -0.138. The molecule has 0 fully saturated rings. The van der Waals surface area contributed by atoms with Crippen molar-refractivity contribution in [3.63, 3.8) is 0 Å². The highest BCUT2D eigenvalue weighted by atomic mass is 32.1. The number of carbonyl (C=O) groups is 3. The molecule has 0 unspecified atom stereocenters. The van der Waals surface area contributed by atoms with Gasteiger partial charge in [0, 0.05) is 19.2 Å². The maximum absolute atomic E-state index is 12.8. The van der Waals surface area contributed by atoms with Gasteiger partial charge in [0.25, 0.3) is 5.91 Å². The van der Waals surface area contributed by atoms with Crippen molar-refractivity contribution in [1.29, 1.82) is 0 Å². The van der Waals surface area contributed by atoms with Crippen LogP contribution in [0.5, 0.6) is 0 Å². The number of ether oxygens (including phenoxy) is 4. The van der Waals surface area contributed by atoms with Crippen LogP contribution in [0.1, 0.15) is 29.4 Å². The molecule has 15 heteroatoms. The number of carboxylic acids is 1. The largest absolute Gasteiger partial charge is 0.481 e. The summed E-state index contributed by atoms with van der Waals surface area (Å²) in [5.74, 6) is -1.72. The fourth-order valence-electron chi connectivity index (χ4n) is 3.03. The summed E-state index contributed by atoms with van der Waals surface area (Å²) >= 11 is 0.962. The van der Waals surface area contributed by atoms with Gasteiger partial charge in [0.1, 0.15) is 0 Å². The number of hydrogen-bond donors (Lipinski definition) is 4. The Bertz CT molecular complexity index is 1100. The molecule has 4 N–H and O–H groups in total. The number of aromatic nitrogens is 1. The molecule has 0 bridgehead atoms. The normalized spacial score (nSPS) is 10.7. The first kappa shape index (κ1) is 31.7. The minimum absolute atomic E-state index is 0.0279. The summed E-state index contributed by atoms with van der Waals surface area (Å²) in [6.07, 6.45) is -0.0279.